The molecule has 1 heterocycles. The first kappa shape index (κ1) is 21.3. The normalized spacial score (nSPS) is 16.7. The van der Waals surface area contributed by atoms with Gasteiger partial charge in [-0.2, -0.15) is 0 Å². The molecule has 9 heteroatoms. The summed E-state index contributed by atoms with van der Waals surface area (Å²) < 4.78 is 26.4. The molecule has 2 aromatic rings. The van der Waals surface area contributed by atoms with E-state index in [4.69, 9.17) is 0 Å². The Morgan fingerprint density at radius 2 is 1.97 bits per heavy atom. The largest absolute Gasteiger partial charge is 0.352 e. The third-order valence-corrected chi connectivity index (χ3v) is 6.20. The topological polar surface area (TPSA) is 95.6 Å². The fraction of sp³-hybridized carbons (Fsp3) is 0.300. The smallest absolute Gasteiger partial charge is 0.229 e. The highest BCUT2D eigenvalue weighted by Gasteiger charge is 2.35. The molecule has 3 rings (SSSR count). The number of para-hydroxylation sites is 1. The van der Waals surface area contributed by atoms with Crippen molar-refractivity contribution in [1.82, 2.24) is 5.32 Å². The molecule has 1 fully saturated rings. The lowest BCUT2D eigenvalue weighted by Crippen LogP contribution is -2.32. The Morgan fingerprint density at radius 3 is 2.66 bits per heavy atom. The molecule has 1 aliphatic heterocycles. The second kappa shape index (κ2) is 8.54. The summed E-state index contributed by atoms with van der Waals surface area (Å²) in [6.45, 7) is 2.43. The maximum Gasteiger partial charge on any atom is 0.229 e. The highest BCUT2D eigenvalue weighted by molar-refractivity contribution is 9.10. The molecule has 0 bridgehead atoms. The number of nitrogens with zero attached hydrogens (tertiary/aromatic N) is 1. The standard InChI is InChI=1S/C20H22BrN3O4S/c1-13-9-16(7-8-17(13)21)24-12-15(10-19(24)25)20(26)22-11-14-5-3-4-6-18(14)23-29(2,27)28/h3-9,15,23H,10-12H2,1-2H3,(H,22,26). The van der Waals surface area contributed by atoms with Crippen LogP contribution in [0.4, 0.5) is 11.4 Å². The summed E-state index contributed by atoms with van der Waals surface area (Å²) in [5.74, 6) is -0.781. The van der Waals surface area contributed by atoms with Crippen molar-refractivity contribution in [2.75, 3.05) is 22.4 Å². The third kappa shape index (κ3) is 5.36. The van der Waals surface area contributed by atoms with Gasteiger partial charge in [0, 0.05) is 29.7 Å². The fourth-order valence-corrected chi connectivity index (χ4v) is 4.08. The summed E-state index contributed by atoms with van der Waals surface area (Å²) in [7, 11) is -3.42. The van der Waals surface area contributed by atoms with Crippen LogP contribution in [-0.4, -0.2) is 33.0 Å². The molecule has 1 unspecified atom stereocenters. The van der Waals surface area contributed by atoms with Crippen molar-refractivity contribution in [2.24, 2.45) is 5.92 Å². The zero-order valence-electron chi connectivity index (χ0n) is 16.1. The van der Waals surface area contributed by atoms with Crippen LogP contribution >= 0.6 is 15.9 Å². The third-order valence-electron chi connectivity index (χ3n) is 4.71. The van der Waals surface area contributed by atoms with Crippen molar-refractivity contribution in [3.63, 3.8) is 0 Å². The van der Waals surface area contributed by atoms with E-state index in [9.17, 15) is 18.0 Å². The van der Waals surface area contributed by atoms with Crippen LogP contribution in [0.5, 0.6) is 0 Å². The molecule has 0 aromatic heterocycles. The second-order valence-electron chi connectivity index (χ2n) is 7.09. The van der Waals surface area contributed by atoms with Crippen molar-refractivity contribution in [2.45, 2.75) is 19.9 Å². The van der Waals surface area contributed by atoms with E-state index in [1.165, 1.54) is 0 Å². The molecule has 1 aliphatic rings. The highest BCUT2D eigenvalue weighted by atomic mass is 79.9. The number of aryl methyl sites for hydroxylation is 1. The molecular weight excluding hydrogens is 458 g/mol. The van der Waals surface area contributed by atoms with Gasteiger partial charge in [0.2, 0.25) is 21.8 Å². The van der Waals surface area contributed by atoms with E-state index in [0.29, 0.717) is 17.8 Å². The van der Waals surface area contributed by atoms with Gasteiger partial charge < -0.3 is 10.2 Å². The van der Waals surface area contributed by atoms with Crippen molar-refractivity contribution in [3.8, 4) is 0 Å². The van der Waals surface area contributed by atoms with Crippen molar-refractivity contribution in [3.05, 3.63) is 58.1 Å². The Hall–Kier alpha value is -2.39. The maximum atomic E-state index is 12.6. The Kier molecular flexibility index (Phi) is 6.28. The summed E-state index contributed by atoms with van der Waals surface area (Å²) in [5.41, 5.74) is 2.85. The predicted octanol–water partition coefficient (Wildman–Crippen LogP) is 2.80. The van der Waals surface area contributed by atoms with Gasteiger partial charge in [0.05, 0.1) is 17.9 Å². The van der Waals surface area contributed by atoms with Gasteiger partial charge in [-0.1, -0.05) is 34.1 Å². The zero-order valence-corrected chi connectivity index (χ0v) is 18.5. The number of rotatable bonds is 6. The van der Waals surface area contributed by atoms with Crippen LogP contribution in [0.2, 0.25) is 0 Å². The van der Waals surface area contributed by atoms with E-state index in [0.717, 1.165) is 22.0 Å². The average molecular weight is 480 g/mol. The number of nitrogens with one attached hydrogen (secondary N) is 2. The van der Waals surface area contributed by atoms with Crippen molar-refractivity contribution < 1.29 is 18.0 Å². The van der Waals surface area contributed by atoms with Crippen molar-refractivity contribution >= 4 is 49.1 Å². The molecule has 0 radical (unpaired) electrons. The van der Waals surface area contributed by atoms with Crippen LogP contribution in [0.25, 0.3) is 0 Å². The maximum absolute atomic E-state index is 12.6. The van der Waals surface area contributed by atoms with Gasteiger partial charge in [0.1, 0.15) is 0 Å². The Balaban J connectivity index is 1.65. The van der Waals surface area contributed by atoms with Gasteiger partial charge >= 0.3 is 0 Å². The lowest BCUT2D eigenvalue weighted by molar-refractivity contribution is -0.126. The van der Waals surface area contributed by atoms with Crippen LogP contribution in [-0.2, 0) is 26.2 Å². The summed E-state index contributed by atoms with van der Waals surface area (Å²) in [5, 5.41) is 2.82. The molecule has 29 heavy (non-hydrogen) atoms. The second-order valence-corrected chi connectivity index (χ2v) is 9.69. The van der Waals surface area contributed by atoms with Crippen LogP contribution in [0.15, 0.2) is 46.9 Å². The first-order chi connectivity index (χ1) is 13.6. The number of benzene rings is 2. The highest BCUT2D eigenvalue weighted by Crippen LogP contribution is 2.28. The monoisotopic (exact) mass is 479 g/mol. The van der Waals surface area contributed by atoms with E-state index >= 15 is 0 Å². The summed E-state index contributed by atoms with van der Waals surface area (Å²) in [4.78, 5) is 26.7. The van der Waals surface area contributed by atoms with Gasteiger partial charge in [0.25, 0.3) is 0 Å². The summed E-state index contributed by atoms with van der Waals surface area (Å²) >= 11 is 3.44. The number of hydrogen-bond acceptors (Lipinski definition) is 4. The van der Waals surface area contributed by atoms with Gasteiger partial charge in [0.15, 0.2) is 0 Å². The van der Waals surface area contributed by atoms with E-state index in [1.54, 1.807) is 29.2 Å². The molecule has 1 saturated heterocycles. The number of sulfonamides is 1. The van der Waals surface area contributed by atoms with E-state index < -0.39 is 15.9 Å². The number of carbonyl (C=O) groups is 2. The number of carbonyl (C=O) groups excluding carboxylic acids is 2. The molecule has 154 valence electrons. The van der Waals surface area contributed by atoms with E-state index in [1.807, 2.05) is 25.1 Å². The van der Waals surface area contributed by atoms with Gasteiger partial charge in [-0.05, 0) is 42.3 Å². The molecule has 0 saturated carbocycles. The first-order valence-corrected chi connectivity index (χ1v) is 11.7. The molecule has 2 amide bonds. The molecule has 2 N–H and O–H groups in total. The number of amides is 2. The first-order valence-electron chi connectivity index (χ1n) is 9.04. The molecule has 7 nitrogen and oxygen atoms in total. The van der Waals surface area contributed by atoms with Gasteiger partial charge in [-0.15, -0.1) is 0 Å². The van der Waals surface area contributed by atoms with Crippen molar-refractivity contribution in [1.29, 1.82) is 0 Å². The van der Waals surface area contributed by atoms with Gasteiger partial charge in [-0.25, -0.2) is 8.42 Å². The molecule has 1 atom stereocenters. The fourth-order valence-electron chi connectivity index (χ4n) is 3.23. The molecule has 0 spiro atoms. The average Bonchev–Trinajstić information content (AvgIpc) is 3.03. The quantitative estimate of drug-likeness (QED) is 0.665. The van der Waals surface area contributed by atoms with E-state index in [2.05, 4.69) is 26.0 Å². The Labute approximate surface area is 178 Å². The van der Waals surface area contributed by atoms with Crippen LogP contribution in [0.1, 0.15) is 17.5 Å². The summed E-state index contributed by atoms with van der Waals surface area (Å²) in [6, 6.07) is 12.5. The van der Waals surface area contributed by atoms with Crippen LogP contribution < -0.4 is 14.9 Å². The Bertz CT molecular complexity index is 1060. The SMILES string of the molecule is Cc1cc(N2CC(C(=O)NCc3ccccc3NS(C)(=O)=O)CC2=O)ccc1Br. The molecule has 2 aromatic carbocycles. The number of anilines is 2. The zero-order chi connectivity index (χ0) is 21.2. The van der Waals surface area contributed by atoms with Crippen LogP contribution in [0, 0.1) is 12.8 Å². The number of hydrogen-bond donors (Lipinski definition) is 2. The summed E-state index contributed by atoms with van der Waals surface area (Å²) in [6.07, 6.45) is 1.22. The lowest BCUT2D eigenvalue weighted by Gasteiger charge is -2.18. The number of halogens is 1. The molecular formula is C20H22BrN3O4S. The van der Waals surface area contributed by atoms with Crippen LogP contribution in [0.3, 0.4) is 0 Å². The predicted molar refractivity (Wildman–Crippen MR) is 116 cm³/mol. The Morgan fingerprint density at radius 1 is 1.24 bits per heavy atom. The lowest BCUT2D eigenvalue weighted by atomic mass is 10.1. The minimum absolute atomic E-state index is 0.0917. The molecule has 0 aliphatic carbocycles. The minimum atomic E-state index is -3.42. The van der Waals surface area contributed by atoms with E-state index in [-0.39, 0.29) is 24.8 Å². The van der Waals surface area contributed by atoms with Gasteiger partial charge in [-0.3, -0.25) is 14.3 Å². The minimum Gasteiger partial charge on any atom is -0.352 e.